The summed E-state index contributed by atoms with van der Waals surface area (Å²) in [6.07, 6.45) is 0.384. The minimum Gasteiger partial charge on any atom is -0.294 e. The van der Waals surface area contributed by atoms with Gasteiger partial charge in [-0.1, -0.05) is 24.6 Å². The topological polar surface area (TPSA) is 17.1 Å². The number of carbonyl (C=O) groups excluding carboxylic acids is 1. The summed E-state index contributed by atoms with van der Waals surface area (Å²) in [5.74, 6) is -0.0553. The van der Waals surface area contributed by atoms with Crippen LogP contribution in [0.4, 0.5) is 4.39 Å². The van der Waals surface area contributed by atoms with Gasteiger partial charge in [-0.25, -0.2) is 4.39 Å². The van der Waals surface area contributed by atoms with Gasteiger partial charge in [0.25, 0.3) is 0 Å². The molecule has 1 nitrogen and oxygen atoms in total. The molecule has 0 spiro atoms. The molecule has 0 aliphatic carbocycles. The zero-order valence-electron chi connectivity index (χ0n) is 7.31. The molecule has 0 radical (unpaired) electrons. The highest BCUT2D eigenvalue weighted by Gasteiger charge is 2.08. The Morgan fingerprint density at radius 3 is 2.77 bits per heavy atom. The van der Waals surface area contributed by atoms with Crippen molar-refractivity contribution in [2.75, 3.05) is 0 Å². The highest BCUT2D eigenvalue weighted by Crippen LogP contribution is 2.19. The van der Waals surface area contributed by atoms with Gasteiger partial charge in [0.15, 0.2) is 5.78 Å². The van der Waals surface area contributed by atoms with Gasteiger partial charge >= 0.3 is 0 Å². The van der Waals surface area contributed by atoms with Gasteiger partial charge in [0, 0.05) is 12.0 Å². The van der Waals surface area contributed by atoms with Crippen LogP contribution in [0.15, 0.2) is 18.2 Å². The zero-order valence-corrected chi connectivity index (χ0v) is 8.07. The lowest BCUT2D eigenvalue weighted by molar-refractivity contribution is 0.0988. The minimum atomic E-state index is -0.568. The smallest absolute Gasteiger partial charge is 0.164 e. The summed E-state index contributed by atoms with van der Waals surface area (Å²) in [7, 11) is 0. The van der Waals surface area contributed by atoms with Crippen LogP contribution in [0.25, 0.3) is 0 Å². The van der Waals surface area contributed by atoms with Crippen molar-refractivity contribution in [1.82, 2.24) is 0 Å². The molecule has 0 bridgehead atoms. The molecule has 0 aliphatic heterocycles. The molecule has 0 atom stereocenters. The van der Waals surface area contributed by atoms with Crippen molar-refractivity contribution in [3.05, 3.63) is 34.3 Å². The van der Waals surface area contributed by atoms with E-state index < -0.39 is 6.67 Å². The first-order chi connectivity index (χ1) is 6.19. The standard InChI is InChI=1S/C10H10ClFO/c1-2-10(13)8-5-7(6-12)3-4-9(8)11/h3-5H,2,6H2,1H3. The van der Waals surface area contributed by atoms with Crippen LogP contribution in [0.1, 0.15) is 29.3 Å². The highest BCUT2D eigenvalue weighted by atomic mass is 35.5. The van der Waals surface area contributed by atoms with E-state index in [0.29, 0.717) is 22.6 Å². The van der Waals surface area contributed by atoms with Crippen LogP contribution >= 0.6 is 11.6 Å². The van der Waals surface area contributed by atoms with Gasteiger partial charge in [0.05, 0.1) is 5.02 Å². The van der Waals surface area contributed by atoms with Crippen LogP contribution in [0.3, 0.4) is 0 Å². The second-order valence-corrected chi connectivity index (χ2v) is 3.13. The van der Waals surface area contributed by atoms with E-state index in [-0.39, 0.29) is 5.78 Å². The van der Waals surface area contributed by atoms with Gasteiger partial charge in [-0.15, -0.1) is 0 Å². The third-order valence-electron chi connectivity index (χ3n) is 1.81. The van der Waals surface area contributed by atoms with Gasteiger partial charge in [0.2, 0.25) is 0 Å². The van der Waals surface area contributed by atoms with E-state index in [1.54, 1.807) is 19.1 Å². The molecule has 0 fully saturated rings. The fourth-order valence-corrected chi connectivity index (χ4v) is 1.28. The Morgan fingerprint density at radius 2 is 2.23 bits per heavy atom. The highest BCUT2D eigenvalue weighted by molar-refractivity contribution is 6.33. The molecular weight excluding hydrogens is 191 g/mol. The number of hydrogen-bond donors (Lipinski definition) is 0. The van der Waals surface area contributed by atoms with Crippen LogP contribution < -0.4 is 0 Å². The van der Waals surface area contributed by atoms with E-state index in [1.807, 2.05) is 0 Å². The van der Waals surface area contributed by atoms with E-state index in [0.717, 1.165) is 0 Å². The molecule has 0 saturated carbocycles. The maximum atomic E-state index is 12.3. The Kier molecular flexibility index (Phi) is 3.43. The molecule has 1 aromatic rings. The first-order valence-electron chi connectivity index (χ1n) is 4.06. The third-order valence-corrected chi connectivity index (χ3v) is 2.14. The monoisotopic (exact) mass is 200 g/mol. The van der Waals surface area contributed by atoms with Gasteiger partial charge in [-0.05, 0) is 17.7 Å². The van der Waals surface area contributed by atoms with E-state index in [9.17, 15) is 9.18 Å². The van der Waals surface area contributed by atoms with Crippen LogP contribution in [0, 0.1) is 0 Å². The van der Waals surface area contributed by atoms with Crippen molar-refractivity contribution in [2.45, 2.75) is 20.0 Å². The summed E-state index contributed by atoms with van der Waals surface area (Å²) in [4.78, 5) is 11.3. The number of benzene rings is 1. The molecule has 0 amide bonds. The number of ketones is 1. The summed E-state index contributed by atoms with van der Waals surface area (Å²) >= 11 is 5.78. The van der Waals surface area contributed by atoms with Crippen molar-refractivity contribution >= 4 is 17.4 Å². The molecule has 1 aromatic carbocycles. The van der Waals surface area contributed by atoms with Crippen LogP contribution in [0.2, 0.25) is 5.02 Å². The molecule has 70 valence electrons. The number of Topliss-reactive ketones (excluding diaryl/α,β-unsaturated/α-hetero) is 1. The Labute approximate surface area is 81.5 Å². The fourth-order valence-electron chi connectivity index (χ4n) is 1.06. The largest absolute Gasteiger partial charge is 0.294 e. The number of carbonyl (C=O) groups is 1. The molecule has 0 N–H and O–H groups in total. The van der Waals surface area contributed by atoms with Crippen molar-refractivity contribution in [1.29, 1.82) is 0 Å². The summed E-state index contributed by atoms with van der Waals surface area (Å²) < 4.78 is 12.3. The number of alkyl halides is 1. The zero-order chi connectivity index (χ0) is 9.84. The SMILES string of the molecule is CCC(=O)c1cc(CF)ccc1Cl. The Bertz CT molecular complexity index is 323. The molecule has 0 heterocycles. The predicted molar refractivity (Wildman–Crippen MR) is 50.9 cm³/mol. The average Bonchev–Trinajstić information content (AvgIpc) is 2.17. The molecule has 0 saturated heterocycles. The Hall–Kier alpha value is -0.890. The molecule has 1 rings (SSSR count). The maximum absolute atomic E-state index is 12.3. The maximum Gasteiger partial charge on any atom is 0.164 e. The summed E-state index contributed by atoms with van der Waals surface area (Å²) in [6.45, 7) is 1.18. The number of hydrogen-bond acceptors (Lipinski definition) is 1. The van der Waals surface area contributed by atoms with Crippen molar-refractivity contribution in [3.63, 3.8) is 0 Å². The lowest BCUT2D eigenvalue weighted by Gasteiger charge is -2.02. The lowest BCUT2D eigenvalue weighted by atomic mass is 10.1. The van der Waals surface area contributed by atoms with Crippen LogP contribution in [-0.2, 0) is 6.67 Å². The van der Waals surface area contributed by atoms with Gasteiger partial charge in [-0.3, -0.25) is 4.79 Å². The average molecular weight is 201 g/mol. The lowest BCUT2D eigenvalue weighted by Crippen LogP contribution is -1.98. The van der Waals surface area contributed by atoms with Gasteiger partial charge in [0.1, 0.15) is 6.67 Å². The Balaban J connectivity index is 3.11. The molecule has 0 aromatic heterocycles. The quantitative estimate of drug-likeness (QED) is 0.684. The molecular formula is C10H10ClFO. The second-order valence-electron chi connectivity index (χ2n) is 2.72. The van der Waals surface area contributed by atoms with Crippen LogP contribution in [-0.4, -0.2) is 5.78 Å². The first-order valence-corrected chi connectivity index (χ1v) is 4.44. The second kappa shape index (κ2) is 4.38. The van der Waals surface area contributed by atoms with Crippen molar-refractivity contribution in [2.24, 2.45) is 0 Å². The number of halogens is 2. The van der Waals surface area contributed by atoms with E-state index >= 15 is 0 Å². The summed E-state index contributed by atoms with van der Waals surface area (Å²) in [5.41, 5.74) is 0.903. The normalized spacial score (nSPS) is 10.1. The fraction of sp³-hybridized carbons (Fsp3) is 0.300. The molecule has 0 aliphatic rings. The third kappa shape index (κ3) is 2.28. The molecule has 13 heavy (non-hydrogen) atoms. The first kappa shape index (κ1) is 10.2. The predicted octanol–water partition coefficient (Wildman–Crippen LogP) is 3.40. The molecule has 3 heteroatoms. The minimum absolute atomic E-state index is 0.0553. The van der Waals surface area contributed by atoms with E-state index in [1.165, 1.54) is 6.07 Å². The molecule has 0 unspecified atom stereocenters. The number of rotatable bonds is 3. The Morgan fingerprint density at radius 1 is 1.54 bits per heavy atom. The van der Waals surface area contributed by atoms with Gasteiger partial charge in [-0.2, -0.15) is 0 Å². The summed E-state index contributed by atoms with van der Waals surface area (Å²) in [5, 5.41) is 0.393. The van der Waals surface area contributed by atoms with Crippen molar-refractivity contribution < 1.29 is 9.18 Å². The van der Waals surface area contributed by atoms with Gasteiger partial charge < -0.3 is 0 Å². The van der Waals surface area contributed by atoms with E-state index in [2.05, 4.69) is 0 Å². The van der Waals surface area contributed by atoms with E-state index in [4.69, 9.17) is 11.6 Å². The van der Waals surface area contributed by atoms with Crippen molar-refractivity contribution in [3.8, 4) is 0 Å². The summed E-state index contributed by atoms with van der Waals surface area (Å²) in [6, 6.07) is 4.64. The van der Waals surface area contributed by atoms with Crippen LogP contribution in [0.5, 0.6) is 0 Å².